The van der Waals surface area contributed by atoms with Gasteiger partial charge in [0.2, 0.25) is 5.91 Å². The summed E-state index contributed by atoms with van der Waals surface area (Å²) in [4.78, 5) is 16.5. The van der Waals surface area contributed by atoms with Gasteiger partial charge in [-0.05, 0) is 31.1 Å². The summed E-state index contributed by atoms with van der Waals surface area (Å²) in [6.45, 7) is 4.34. The maximum atomic E-state index is 12.4. The van der Waals surface area contributed by atoms with Gasteiger partial charge in [0.25, 0.3) is 0 Å². The molecule has 2 aromatic carbocycles. The second-order valence-electron chi connectivity index (χ2n) is 6.45. The molecule has 4 aromatic rings. The number of nitrogens with one attached hydrogen (secondary N) is 1. The minimum atomic E-state index is -0.226. The second-order valence-corrected chi connectivity index (χ2v) is 7.34. The first-order valence-electron chi connectivity index (χ1n) is 9.28. The average Bonchev–Trinajstić information content (AvgIpc) is 3.37. The van der Waals surface area contributed by atoms with E-state index in [-0.39, 0.29) is 5.91 Å². The van der Waals surface area contributed by atoms with Crippen LogP contribution in [0.1, 0.15) is 19.4 Å². The molecule has 0 radical (unpaired) electrons. The minimum Gasteiger partial charge on any atom is -0.493 e. The quantitative estimate of drug-likeness (QED) is 0.401. The van der Waals surface area contributed by atoms with Crippen molar-refractivity contribution in [2.45, 2.75) is 13.8 Å². The number of thiazole rings is 1. The van der Waals surface area contributed by atoms with Crippen molar-refractivity contribution >= 4 is 38.9 Å². The molecule has 2 aromatic heterocycles. The summed E-state index contributed by atoms with van der Waals surface area (Å²) in [7, 11) is 0. The summed E-state index contributed by atoms with van der Waals surface area (Å²) >= 11 is 1.38. The maximum Gasteiger partial charge on any atom is 0.250 e. The van der Waals surface area contributed by atoms with Gasteiger partial charge in [-0.25, -0.2) is 4.98 Å². The van der Waals surface area contributed by atoms with Crippen molar-refractivity contribution in [1.29, 1.82) is 0 Å². The van der Waals surface area contributed by atoms with E-state index in [1.807, 2.05) is 61.7 Å². The van der Waals surface area contributed by atoms with Gasteiger partial charge in [0.1, 0.15) is 11.3 Å². The number of allylic oxidation sites excluding steroid dienone is 1. The topological polar surface area (TPSA) is 64.4 Å². The molecule has 0 saturated heterocycles. The molecule has 0 saturated carbocycles. The van der Waals surface area contributed by atoms with E-state index in [1.54, 1.807) is 18.5 Å². The van der Waals surface area contributed by atoms with Gasteiger partial charge >= 0.3 is 0 Å². The lowest BCUT2D eigenvalue weighted by Crippen LogP contribution is -2.08. The molecular formula is C23H20N2O3S. The predicted octanol–water partition coefficient (Wildman–Crippen LogP) is 6.00. The van der Waals surface area contributed by atoms with Crippen LogP contribution in [0.25, 0.3) is 27.7 Å². The van der Waals surface area contributed by atoms with E-state index in [0.29, 0.717) is 17.5 Å². The number of carbonyl (C=O) groups excluding carboxylic acids is 1. The first kappa shape index (κ1) is 19.0. The Morgan fingerprint density at radius 1 is 1.28 bits per heavy atom. The van der Waals surface area contributed by atoms with Crippen molar-refractivity contribution in [1.82, 2.24) is 4.98 Å². The fourth-order valence-corrected chi connectivity index (χ4v) is 3.71. The number of carbonyl (C=O) groups is 1. The van der Waals surface area contributed by atoms with E-state index in [1.165, 1.54) is 11.3 Å². The van der Waals surface area contributed by atoms with Crippen LogP contribution in [0.4, 0.5) is 5.13 Å². The number of rotatable bonds is 6. The van der Waals surface area contributed by atoms with Crippen molar-refractivity contribution in [2.75, 3.05) is 11.9 Å². The van der Waals surface area contributed by atoms with Crippen LogP contribution in [0.3, 0.4) is 0 Å². The fraction of sp³-hybridized carbons (Fsp3) is 0.130. The highest BCUT2D eigenvalue weighted by molar-refractivity contribution is 7.13. The molecule has 0 bridgehead atoms. The molecule has 0 aliphatic carbocycles. The van der Waals surface area contributed by atoms with E-state index in [9.17, 15) is 4.79 Å². The second kappa shape index (κ2) is 8.32. The SMILES string of the molecule is CCOc1cc2occ(-c3ccccc3)c2cc1/C(C)=C/C(=O)Nc1nccs1. The number of ether oxygens (including phenoxy) is 1. The molecule has 0 unspecified atom stereocenters. The summed E-state index contributed by atoms with van der Waals surface area (Å²) in [6.07, 6.45) is 4.98. The number of fused-ring (bicyclic) bond motifs is 1. The summed E-state index contributed by atoms with van der Waals surface area (Å²) in [5, 5.41) is 6.14. The number of benzene rings is 2. The molecule has 5 nitrogen and oxygen atoms in total. The third-order valence-corrected chi connectivity index (χ3v) is 5.18. The van der Waals surface area contributed by atoms with E-state index in [0.717, 1.165) is 33.2 Å². The zero-order valence-corrected chi connectivity index (χ0v) is 17.0. The molecule has 1 N–H and O–H groups in total. The summed E-state index contributed by atoms with van der Waals surface area (Å²) in [5.74, 6) is 0.459. The molecule has 1 amide bonds. The molecule has 0 atom stereocenters. The molecule has 2 heterocycles. The fourth-order valence-electron chi connectivity index (χ4n) is 3.18. The average molecular weight is 404 g/mol. The highest BCUT2D eigenvalue weighted by Crippen LogP contribution is 2.37. The highest BCUT2D eigenvalue weighted by Gasteiger charge is 2.15. The predicted molar refractivity (Wildman–Crippen MR) is 117 cm³/mol. The Morgan fingerprint density at radius 3 is 2.83 bits per heavy atom. The van der Waals surface area contributed by atoms with Crippen LogP contribution < -0.4 is 10.1 Å². The lowest BCUT2D eigenvalue weighted by atomic mass is 9.99. The molecule has 0 spiro atoms. The van der Waals surface area contributed by atoms with Gasteiger partial charge < -0.3 is 9.15 Å². The minimum absolute atomic E-state index is 0.226. The molecule has 29 heavy (non-hydrogen) atoms. The number of hydrogen-bond acceptors (Lipinski definition) is 5. The van der Waals surface area contributed by atoms with E-state index in [4.69, 9.17) is 9.15 Å². The first-order chi connectivity index (χ1) is 14.2. The Kier molecular flexibility index (Phi) is 5.44. The van der Waals surface area contributed by atoms with Crippen molar-refractivity contribution in [3.05, 3.63) is 71.9 Å². The Hall–Kier alpha value is -3.38. The largest absolute Gasteiger partial charge is 0.493 e. The van der Waals surface area contributed by atoms with Gasteiger partial charge in [0.05, 0.1) is 12.9 Å². The summed E-state index contributed by atoms with van der Waals surface area (Å²) in [6, 6.07) is 14.0. The van der Waals surface area contributed by atoms with E-state index in [2.05, 4.69) is 10.3 Å². The van der Waals surface area contributed by atoms with E-state index >= 15 is 0 Å². The van der Waals surface area contributed by atoms with Crippen LogP contribution in [-0.2, 0) is 4.79 Å². The molecular weight excluding hydrogens is 384 g/mol. The molecule has 146 valence electrons. The van der Waals surface area contributed by atoms with Crippen LogP contribution in [0, 0.1) is 0 Å². The van der Waals surface area contributed by atoms with Crippen LogP contribution >= 0.6 is 11.3 Å². The Morgan fingerprint density at radius 2 is 2.10 bits per heavy atom. The highest BCUT2D eigenvalue weighted by atomic mass is 32.1. The zero-order chi connectivity index (χ0) is 20.2. The standard InChI is InChI=1S/C23H20N2O3S/c1-3-27-20-13-21-18(19(14-28-21)16-7-5-4-6-8-16)12-17(20)15(2)11-22(26)25-23-24-9-10-29-23/h4-14H,3H2,1-2H3,(H,24,25,26)/b15-11+. The van der Waals surface area contributed by atoms with Crippen LogP contribution in [0.5, 0.6) is 5.75 Å². The van der Waals surface area contributed by atoms with Gasteiger partial charge in [-0.3, -0.25) is 10.1 Å². The number of amides is 1. The molecule has 4 rings (SSSR count). The van der Waals surface area contributed by atoms with Crippen LogP contribution in [0.15, 0.2) is 70.8 Å². The lowest BCUT2D eigenvalue weighted by Gasteiger charge is -2.11. The van der Waals surface area contributed by atoms with E-state index < -0.39 is 0 Å². The normalized spacial score (nSPS) is 11.6. The first-order valence-corrected chi connectivity index (χ1v) is 10.2. The third kappa shape index (κ3) is 4.07. The Bertz CT molecular complexity index is 1160. The molecule has 6 heteroatoms. The summed E-state index contributed by atoms with van der Waals surface area (Å²) in [5.41, 5.74) is 4.47. The molecule has 0 aliphatic heterocycles. The Balaban J connectivity index is 1.75. The van der Waals surface area contributed by atoms with Gasteiger partial charge in [0, 0.05) is 40.2 Å². The van der Waals surface area contributed by atoms with Gasteiger partial charge in [-0.1, -0.05) is 30.3 Å². The Labute approximate surface area is 172 Å². The monoisotopic (exact) mass is 404 g/mol. The van der Waals surface area contributed by atoms with Crippen LogP contribution in [-0.4, -0.2) is 17.5 Å². The number of hydrogen-bond donors (Lipinski definition) is 1. The van der Waals surface area contributed by atoms with Crippen molar-refractivity contribution in [2.24, 2.45) is 0 Å². The number of furan rings is 1. The van der Waals surface area contributed by atoms with Crippen molar-refractivity contribution < 1.29 is 13.9 Å². The molecule has 0 fully saturated rings. The number of nitrogens with zero attached hydrogens (tertiary/aromatic N) is 1. The third-order valence-electron chi connectivity index (χ3n) is 4.50. The van der Waals surface area contributed by atoms with Crippen LogP contribution in [0.2, 0.25) is 0 Å². The maximum absolute atomic E-state index is 12.4. The lowest BCUT2D eigenvalue weighted by molar-refractivity contribution is -0.111. The smallest absolute Gasteiger partial charge is 0.250 e. The zero-order valence-electron chi connectivity index (χ0n) is 16.1. The van der Waals surface area contributed by atoms with Gasteiger partial charge in [-0.2, -0.15) is 0 Å². The molecule has 0 aliphatic rings. The van der Waals surface area contributed by atoms with Crippen molar-refractivity contribution in [3.63, 3.8) is 0 Å². The van der Waals surface area contributed by atoms with Gasteiger partial charge in [-0.15, -0.1) is 11.3 Å². The number of aromatic nitrogens is 1. The number of anilines is 1. The van der Waals surface area contributed by atoms with Crippen molar-refractivity contribution in [3.8, 4) is 16.9 Å². The summed E-state index contributed by atoms with van der Waals surface area (Å²) < 4.78 is 11.6. The van der Waals surface area contributed by atoms with Gasteiger partial charge in [0.15, 0.2) is 5.13 Å².